The molecule has 2 heterocycles. The van der Waals surface area contributed by atoms with Gasteiger partial charge in [0.05, 0.1) is 13.0 Å². The minimum atomic E-state index is -2.93. The van der Waals surface area contributed by atoms with E-state index in [0.29, 0.717) is 17.2 Å². The number of likely N-dealkylation sites (tertiary alicyclic amines) is 1. The summed E-state index contributed by atoms with van der Waals surface area (Å²) >= 11 is 1.56. The molecule has 8 heteroatoms. The number of halogens is 2. The first-order valence-electron chi connectivity index (χ1n) is 9.30. The number of piperidine rings is 1. The smallest absolute Gasteiger partial charge is 0.410 e. The molecule has 0 N–H and O–H groups in total. The Kier molecular flexibility index (Phi) is 6.95. The second kappa shape index (κ2) is 9.43. The minimum Gasteiger partial charge on any atom is -0.481 e. The highest BCUT2D eigenvalue weighted by molar-refractivity contribution is 7.97. The molecule has 1 unspecified atom stereocenters. The lowest BCUT2D eigenvalue weighted by molar-refractivity contribution is -0.0729. The molecule has 1 aromatic carbocycles. The summed E-state index contributed by atoms with van der Waals surface area (Å²) in [5, 5.41) is 0. The van der Waals surface area contributed by atoms with E-state index in [2.05, 4.69) is 4.98 Å². The fourth-order valence-electron chi connectivity index (χ4n) is 3.38. The van der Waals surface area contributed by atoms with E-state index in [1.54, 1.807) is 17.8 Å². The summed E-state index contributed by atoms with van der Waals surface area (Å²) in [5.74, 6) is -3.03. The molecule has 1 aliphatic heterocycles. The summed E-state index contributed by atoms with van der Waals surface area (Å²) in [6, 6.07) is 11.0. The molecular weight excluding hydrogens is 398 g/mol. The first kappa shape index (κ1) is 21.4. The number of rotatable bonds is 6. The van der Waals surface area contributed by atoms with Crippen LogP contribution < -0.4 is 4.74 Å². The first-order valence-corrected chi connectivity index (χ1v) is 10.7. The van der Waals surface area contributed by atoms with Gasteiger partial charge >= 0.3 is 6.09 Å². The Morgan fingerprint density at radius 2 is 2.10 bits per heavy atom. The molecule has 1 atom stereocenters. The Morgan fingerprint density at radius 1 is 1.34 bits per heavy atom. The van der Waals surface area contributed by atoms with Gasteiger partial charge in [-0.15, -0.1) is 0 Å². The van der Waals surface area contributed by atoms with Crippen molar-refractivity contribution >= 4 is 17.9 Å². The largest absolute Gasteiger partial charge is 0.481 e. The van der Waals surface area contributed by atoms with Crippen LogP contribution in [0.5, 0.6) is 5.88 Å². The lowest BCUT2D eigenvalue weighted by atomic mass is 9.87. The van der Waals surface area contributed by atoms with Crippen LogP contribution in [0.25, 0.3) is 0 Å². The zero-order valence-corrected chi connectivity index (χ0v) is 17.3. The average molecular weight is 422 g/mol. The van der Waals surface area contributed by atoms with Crippen molar-refractivity contribution in [1.82, 2.24) is 9.88 Å². The summed E-state index contributed by atoms with van der Waals surface area (Å²) in [5.41, 5.74) is 2.01. The van der Waals surface area contributed by atoms with Gasteiger partial charge in [0, 0.05) is 37.0 Å². The summed E-state index contributed by atoms with van der Waals surface area (Å²) in [6.07, 6.45) is 2.34. The lowest BCUT2D eigenvalue weighted by Crippen LogP contribution is -2.48. The van der Waals surface area contributed by atoms with E-state index in [1.807, 2.05) is 36.6 Å². The highest BCUT2D eigenvalue weighted by Gasteiger charge is 2.46. The standard InChI is InChI=1S/C21H24F2N2O3S/c1-27-19-17(14-29-2)10-16(11-24-19)18-12-25(9-8-21(18,22)23)20(26)28-13-15-6-4-3-5-7-15/h3-7,10-11,18H,8-9,12-14H2,1-2H3. The molecule has 0 radical (unpaired) electrons. The van der Waals surface area contributed by atoms with Crippen LogP contribution in [0.1, 0.15) is 29.0 Å². The van der Waals surface area contributed by atoms with Gasteiger partial charge < -0.3 is 14.4 Å². The van der Waals surface area contributed by atoms with E-state index in [9.17, 15) is 13.6 Å². The van der Waals surface area contributed by atoms with E-state index >= 15 is 0 Å². The van der Waals surface area contributed by atoms with E-state index in [-0.39, 0.29) is 19.7 Å². The zero-order chi connectivity index (χ0) is 20.9. The highest BCUT2D eigenvalue weighted by atomic mass is 32.2. The maximum Gasteiger partial charge on any atom is 0.410 e. The number of carbonyl (C=O) groups excluding carboxylic acids is 1. The molecule has 0 saturated carbocycles. The van der Waals surface area contributed by atoms with Crippen molar-refractivity contribution in [3.05, 3.63) is 59.3 Å². The topological polar surface area (TPSA) is 51.7 Å². The number of hydrogen-bond donors (Lipinski definition) is 0. The van der Waals surface area contributed by atoms with Crippen LogP contribution in [-0.2, 0) is 17.1 Å². The van der Waals surface area contributed by atoms with Crippen molar-refractivity contribution < 1.29 is 23.0 Å². The first-order chi connectivity index (χ1) is 13.9. The monoisotopic (exact) mass is 422 g/mol. The van der Waals surface area contributed by atoms with Gasteiger partial charge in [-0.05, 0) is 23.4 Å². The number of amides is 1. The van der Waals surface area contributed by atoms with E-state index in [0.717, 1.165) is 11.1 Å². The van der Waals surface area contributed by atoms with Gasteiger partial charge in [0.1, 0.15) is 6.61 Å². The number of thioether (sulfide) groups is 1. The number of alkyl halides is 2. The molecule has 0 aliphatic carbocycles. The number of aromatic nitrogens is 1. The van der Waals surface area contributed by atoms with Gasteiger partial charge in [-0.3, -0.25) is 0 Å². The van der Waals surface area contributed by atoms with Crippen molar-refractivity contribution in [2.24, 2.45) is 0 Å². The summed E-state index contributed by atoms with van der Waals surface area (Å²) in [4.78, 5) is 18.0. The molecule has 1 amide bonds. The Bertz CT molecular complexity index is 836. The number of ether oxygens (including phenoxy) is 2. The van der Waals surface area contributed by atoms with Gasteiger partial charge in [-0.1, -0.05) is 30.3 Å². The van der Waals surface area contributed by atoms with Crippen LogP contribution in [0.15, 0.2) is 42.6 Å². The third-order valence-electron chi connectivity index (χ3n) is 4.93. The summed E-state index contributed by atoms with van der Waals surface area (Å²) in [7, 11) is 1.51. The van der Waals surface area contributed by atoms with Crippen LogP contribution in [-0.4, -0.2) is 48.4 Å². The van der Waals surface area contributed by atoms with Crippen LogP contribution in [0.4, 0.5) is 13.6 Å². The third-order valence-corrected chi connectivity index (χ3v) is 5.53. The molecule has 0 bridgehead atoms. The Morgan fingerprint density at radius 3 is 2.79 bits per heavy atom. The molecule has 3 rings (SSSR count). The van der Waals surface area contributed by atoms with Gasteiger partial charge in [0.25, 0.3) is 5.92 Å². The lowest BCUT2D eigenvalue weighted by Gasteiger charge is -2.38. The molecule has 1 saturated heterocycles. The summed E-state index contributed by atoms with van der Waals surface area (Å²) < 4.78 is 39.9. The molecule has 1 aliphatic rings. The number of carbonyl (C=O) groups is 1. The average Bonchev–Trinajstić information content (AvgIpc) is 2.73. The highest BCUT2D eigenvalue weighted by Crippen LogP contribution is 2.41. The van der Waals surface area contributed by atoms with Crippen molar-refractivity contribution in [1.29, 1.82) is 0 Å². The number of benzene rings is 1. The second-order valence-corrected chi connectivity index (χ2v) is 7.79. The van der Waals surface area contributed by atoms with Gasteiger partial charge in [-0.2, -0.15) is 11.8 Å². The third kappa shape index (κ3) is 5.18. The number of methoxy groups -OCH3 is 1. The number of hydrogen-bond acceptors (Lipinski definition) is 5. The fourth-order valence-corrected chi connectivity index (χ4v) is 3.90. The SMILES string of the molecule is COc1ncc(C2CN(C(=O)OCc3ccccc3)CCC2(F)F)cc1CSC. The zero-order valence-electron chi connectivity index (χ0n) is 16.4. The Labute approximate surface area is 173 Å². The van der Waals surface area contributed by atoms with Gasteiger partial charge in [0.15, 0.2) is 0 Å². The predicted octanol–water partition coefficient (Wildman–Crippen LogP) is 4.71. The molecule has 29 heavy (non-hydrogen) atoms. The van der Waals surface area contributed by atoms with Crippen LogP contribution in [0, 0.1) is 0 Å². The van der Waals surface area contributed by atoms with Gasteiger partial charge in [-0.25, -0.2) is 18.6 Å². The van der Waals surface area contributed by atoms with Crippen LogP contribution >= 0.6 is 11.8 Å². The van der Waals surface area contributed by atoms with Crippen molar-refractivity contribution in [2.45, 2.75) is 30.6 Å². The normalized spacial score (nSPS) is 18.3. The maximum absolute atomic E-state index is 14.7. The van der Waals surface area contributed by atoms with E-state index in [4.69, 9.17) is 9.47 Å². The van der Waals surface area contributed by atoms with Crippen molar-refractivity contribution in [2.75, 3.05) is 26.5 Å². The van der Waals surface area contributed by atoms with Crippen molar-refractivity contribution in [3.8, 4) is 5.88 Å². The Hall–Kier alpha value is -2.35. The molecule has 5 nitrogen and oxygen atoms in total. The van der Waals surface area contributed by atoms with Gasteiger partial charge in [0.2, 0.25) is 5.88 Å². The summed E-state index contributed by atoms with van der Waals surface area (Å²) in [6.45, 7) is -0.0507. The molecular formula is C21H24F2N2O3S. The minimum absolute atomic E-state index is 0.0433. The fraction of sp³-hybridized carbons (Fsp3) is 0.429. The second-order valence-electron chi connectivity index (χ2n) is 6.92. The molecule has 1 fully saturated rings. The molecule has 1 aromatic heterocycles. The Balaban J connectivity index is 1.74. The van der Waals surface area contributed by atoms with Crippen molar-refractivity contribution in [3.63, 3.8) is 0 Å². The van der Waals surface area contributed by atoms with E-state index < -0.39 is 24.4 Å². The van der Waals surface area contributed by atoms with E-state index in [1.165, 1.54) is 18.2 Å². The quantitative estimate of drug-likeness (QED) is 0.675. The van der Waals surface area contributed by atoms with Crippen LogP contribution in [0.2, 0.25) is 0 Å². The predicted molar refractivity (Wildman–Crippen MR) is 109 cm³/mol. The number of nitrogens with zero attached hydrogens (tertiary/aromatic N) is 2. The number of pyridine rings is 1. The maximum atomic E-state index is 14.7. The molecule has 156 valence electrons. The van der Waals surface area contributed by atoms with Crippen LogP contribution in [0.3, 0.4) is 0 Å². The molecule has 0 spiro atoms. The molecule has 2 aromatic rings.